The summed E-state index contributed by atoms with van der Waals surface area (Å²) in [7, 11) is 1.70. The second kappa shape index (κ2) is 13.3. The van der Waals surface area contributed by atoms with Crippen LogP contribution in [-0.4, -0.2) is 63.6 Å². The number of ether oxygens (including phenoxy) is 1. The van der Waals surface area contributed by atoms with Gasteiger partial charge in [-0.15, -0.1) is 34.2 Å². The first-order valence-electron chi connectivity index (χ1n) is 10.5. The number of para-hydroxylation sites is 2. The van der Waals surface area contributed by atoms with E-state index in [1.165, 1.54) is 5.52 Å². The molecule has 0 amide bonds. The van der Waals surface area contributed by atoms with Crippen molar-refractivity contribution in [1.82, 2.24) is 34.9 Å². The lowest BCUT2D eigenvalue weighted by Gasteiger charge is -2.13. The molecule has 0 radical (unpaired) electrons. The molecule has 3 rings (SSSR count). The molecule has 10 heteroatoms. The Balaban J connectivity index is 0.00000341. The summed E-state index contributed by atoms with van der Waals surface area (Å²) in [5.41, 5.74) is 2.22. The molecule has 0 aliphatic rings. The van der Waals surface area contributed by atoms with Gasteiger partial charge in [0.25, 0.3) is 0 Å². The predicted molar refractivity (Wildman–Crippen MR) is 134 cm³/mol. The molecule has 9 nitrogen and oxygen atoms in total. The van der Waals surface area contributed by atoms with Gasteiger partial charge in [0.15, 0.2) is 5.96 Å². The van der Waals surface area contributed by atoms with Crippen LogP contribution in [0.15, 0.2) is 35.6 Å². The second-order valence-electron chi connectivity index (χ2n) is 7.02. The van der Waals surface area contributed by atoms with Crippen molar-refractivity contribution in [2.24, 2.45) is 4.99 Å². The zero-order valence-corrected chi connectivity index (χ0v) is 20.9. The van der Waals surface area contributed by atoms with E-state index < -0.39 is 0 Å². The van der Waals surface area contributed by atoms with Crippen LogP contribution < -0.4 is 10.6 Å². The van der Waals surface area contributed by atoms with E-state index in [-0.39, 0.29) is 24.0 Å². The Kier molecular flexibility index (Phi) is 10.7. The van der Waals surface area contributed by atoms with Gasteiger partial charge in [0.1, 0.15) is 18.0 Å². The largest absolute Gasteiger partial charge is 0.383 e. The minimum absolute atomic E-state index is 0. The number of rotatable bonds is 11. The fourth-order valence-corrected chi connectivity index (χ4v) is 3.38. The Bertz CT molecular complexity index is 952. The summed E-state index contributed by atoms with van der Waals surface area (Å²) in [6, 6.07) is 8.25. The summed E-state index contributed by atoms with van der Waals surface area (Å²) in [5.74, 6) is 2.83. The van der Waals surface area contributed by atoms with Crippen LogP contribution in [0, 0.1) is 6.92 Å². The standard InChI is InChI=1S/C21H32N8O.HI/c1-4-20-27-25-16-28(20)14-11-23-21(24-12-15-30-3)22-10-7-13-29-17(2)26-18-8-5-6-9-19(18)29;/h5-6,8-9,16H,4,7,10-15H2,1-3H3,(H2,22,23,24);1H. The highest BCUT2D eigenvalue weighted by Gasteiger charge is 2.06. The lowest BCUT2D eigenvalue weighted by molar-refractivity contribution is 0.203. The molecule has 0 saturated heterocycles. The SMILES string of the molecule is CCc1nncn1CCNC(=NCCCn1c(C)nc2ccccc21)NCCOC.I. The third kappa shape index (κ3) is 7.17. The number of imidazole rings is 1. The summed E-state index contributed by atoms with van der Waals surface area (Å²) in [6.07, 6.45) is 3.58. The van der Waals surface area contributed by atoms with Crippen molar-refractivity contribution in [3.8, 4) is 0 Å². The van der Waals surface area contributed by atoms with Gasteiger partial charge in [0.05, 0.1) is 17.6 Å². The van der Waals surface area contributed by atoms with Gasteiger partial charge in [0.2, 0.25) is 0 Å². The number of methoxy groups -OCH3 is 1. The maximum Gasteiger partial charge on any atom is 0.191 e. The molecule has 1 aromatic carbocycles. The van der Waals surface area contributed by atoms with Crippen LogP contribution in [0.25, 0.3) is 11.0 Å². The second-order valence-corrected chi connectivity index (χ2v) is 7.02. The number of nitrogens with one attached hydrogen (secondary N) is 2. The lowest BCUT2D eigenvalue weighted by atomic mass is 10.3. The van der Waals surface area contributed by atoms with Crippen molar-refractivity contribution in [3.63, 3.8) is 0 Å². The molecule has 2 aromatic heterocycles. The van der Waals surface area contributed by atoms with Crippen LogP contribution >= 0.6 is 24.0 Å². The third-order valence-corrected chi connectivity index (χ3v) is 4.91. The normalized spacial score (nSPS) is 11.5. The van der Waals surface area contributed by atoms with Crippen LogP contribution in [0.4, 0.5) is 0 Å². The summed E-state index contributed by atoms with van der Waals surface area (Å²) < 4.78 is 9.46. The van der Waals surface area contributed by atoms with E-state index in [1.807, 2.05) is 6.07 Å². The van der Waals surface area contributed by atoms with E-state index in [2.05, 4.69) is 67.0 Å². The number of nitrogens with zero attached hydrogens (tertiary/aromatic N) is 6. The highest BCUT2D eigenvalue weighted by molar-refractivity contribution is 14.0. The molecular formula is C21H33IN8O. The minimum Gasteiger partial charge on any atom is -0.383 e. The summed E-state index contributed by atoms with van der Waals surface area (Å²) in [5, 5.41) is 14.8. The first-order chi connectivity index (χ1) is 14.7. The van der Waals surface area contributed by atoms with Gasteiger partial charge in [-0.3, -0.25) is 4.99 Å². The highest BCUT2D eigenvalue weighted by atomic mass is 127. The van der Waals surface area contributed by atoms with E-state index >= 15 is 0 Å². The van der Waals surface area contributed by atoms with Gasteiger partial charge in [-0.2, -0.15) is 0 Å². The highest BCUT2D eigenvalue weighted by Crippen LogP contribution is 2.15. The summed E-state index contributed by atoms with van der Waals surface area (Å²) in [4.78, 5) is 9.36. The topological polar surface area (TPSA) is 94.2 Å². The monoisotopic (exact) mass is 540 g/mol. The quantitative estimate of drug-likeness (QED) is 0.168. The number of halogens is 1. The van der Waals surface area contributed by atoms with Crippen molar-refractivity contribution in [1.29, 1.82) is 0 Å². The maximum absolute atomic E-state index is 5.14. The molecule has 31 heavy (non-hydrogen) atoms. The van der Waals surface area contributed by atoms with Crippen LogP contribution in [0.5, 0.6) is 0 Å². The van der Waals surface area contributed by atoms with E-state index in [1.54, 1.807) is 13.4 Å². The first kappa shape index (κ1) is 25.1. The number of hydrogen-bond donors (Lipinski definition) is 2. The van der Waals surface area contributed by atoms with Gasteiger partial charge >= 0.3 is 0 Å². The average Bonchev–Trinajstić information content (AvgIpc) is 3.34. The Morgan fingerprint density at radius 1 is 1.16 bits per heavy atom. The number of aliphatic imine (C=N–C) groups is 1. The van der Waals surface area contributed by atoms with E-state index in [4.69, 9.17) is 9.73 Å². The maximum atomic E-state index is 5.14. The fraction of sp³-hybridized carbons (Fsp3) is 0.524. The molecule has 0 aliphatic heterocycles. The van der Waals surface area contributed by atoms with Gasteiger partial charge in [-0.05, 0) is 25.5 Å². The zero-order valence-electron chi connectivity index (χ0n) is 18.5. The minimum atomic E-state index is 0. The van der Waals surface area contributed by atoms with Crippen LogP contribution in [0.2, 0.25) is 0 Å². The van der Waals surface area contributed by atoms with Crippen LogP contribution in [0.1, 0.15) is 25.0 Å². The molecule has 0 fully saturated rings. The van der Waals surface area contributed by atoms with Crippen LogP contribution in [0.3, 0.4) is 0 Å². The number of hydrogen-bond acceptors (Lipinski definition) is 5. The molecule has 2 N–H and O–H groups in total. The predicted octanol–water partition coefficient (Wildman–Crippen LogP) is 2.39. The Morgan fingerprint density at radius 3 is 2.77 bits per heavy atom. The molecule has 170 valence electrons. The van der Waals surface area contributed by atoms with E-state index in [9.17, 15) is 0 Å². The van der Waals surface area contributed by atoms with E-state index in [0.717, 1.165) is 62.1 Å². The number of aryl methyl sites for hydroxylation is 3. The molecule has 3 aromatic rings. The summed E-state index contributed by atoms with van der Waals surface area (Å²) >= 11 is 0. The van der Waals surface area contributed by atoms with E-state index in [0.29, 0.717) is 13.2 Å². The van der Waals surface area contributed by atoms with Gasteiger partial charge in [-0.25, -0.2) is 4.98 Å². The Labute approximate surface area is 200 Å². The molecule has 0 bridgehead atoms. The molecular weight excluding hydrogens is 507 g/mol. The van der Waals surface area contributed by atoms with Gasteiger partial charge < -0.3 is 24.5 Å². The number of benzene rings is 1. The number of aromatic nitrogens is 5. The summed E-state index contributed by atoms with van der Waals surface area (Å²) in [6.45, 7) is 8.63. The van der Waals surface area contributed by atoms with Crippen molar-refractivity contribution < 1.29 is 4.74 Å². The van der Waals surface area contributed by atoms with Crippen molar-refractivity contribution in [3.05, 3.63) is 42.2 Å². The Morgan fingerprint density at radius 2 is 1.97 bits per heavy atom. The number of guanidine groups is 1. The van der Waals surface area contributed by atoms with Gasteiger partial charge in [-0.1, -0.05) is 19.1 Å². The molecule has 0 saturated carbocycles. The average molecular weight is 540 g/mol. The lowest BCUT2D eigenvalue weighted by Crippen LogP contribution is -2.40. The molecule has 2 heterocycles. The Hall–Kier alpha value is -2.21. The number of fused-ring (bicyclic) bond motifs is 1. The van der Waals surface area contributed by atoms with Crippen molar-refractivity contribution >= 4 is 41.0 Å². The van der Waals surface area contributed by atoms with Crippen LogP contribution in [-0.2, 0) is 24.2 Å². The van der Waals surface area contributed by atoms with Crippen molar-refractivity contribution in [2.75, 3.05) is 33.4 Å². The third-order valence-electron chi connectivity index (χ3n) is 4.91. The zero-order chi connectivity index (χ0) is 21.2. The molecule has 0 aliphatic carbocycles. The molecule has 0 unspecified atom stereocenters. The molecule has 0 spiro atoms. The first-order valence-corrected chi connectivity index (χ1v) is 10.5. The fourth-order valence-electron chi connectivity index (χ4n) is 3.38. The van der Waals surface area contributed by atoms with Crippen molar-refractivity contribution in [2.45, 2.75) is 39.8 Å². The molecule has 0 atom stereocenters. The smallest absolute Gasteiger partial charge is 0.191 e. The van der Waals surface area contributed by atoms with Gasteiger partial charge in [0, 0.05) is 46.3 Å².